The molecule has 33 nitrogen and oxygen atoms in total. The van der Waals surface area contributed by atoms with Crippen LogP contribution >= 0.6 is 50.5 Å². The Labute approximate surface area is 604 Å². The Balaban J connectivity index is 5.89. The number of carbonyl (C=O) groups excluding carboxylic acids is 8. The zero-order valence-electron chi connectivity index (χ0n) is 59.1. The fraction of sp³-hybridized carbons (Fsp3) is 0.806. The number of carboxylic acids is 4. The number of hydrogen-bond acceptors (Lipinski definition) is 25. The molecule has 0 heterocycles. The average molecular weight is 1490 g/mol. The van der Waals surface area contributed by atoms with Gasteiger partial charge in [0.25, 0.3) is 0 Å². The normalized spacial score (nSPS) is 16.2. The highest BCUT2D eigenvalue weighted by Gasteiger charge is 2.35. The fourth-order valence-electron chi connectivity index (χ4n) is 9.94. The van der Waals surface area contributed by atoms with Crippen LogP contribution in [0.1, 0.15) is 121 Å². The van der Waals surface area contributed by atoms with Crippen molar-refractivity contribution < 1.29 is 83.1 Å². The molecule has 0 radical (unpaired) electrons. The molecule has 0 fully saturated rings. The van der Waals surface area contributed by atoms with Crippen molar-refractivity contribution in [1.82, 2.24) is 79.8 Å². The summed E-state index contributed by atoms with van der Waals surface area (Å²) in [5, 5.41) is 92.3. The summed E-state index contributed by atoms with van der Waals surface area (Å²) in [4.78, 5) is 152. The molecule has 0 saturated heterocycles. The van der Waals surface area contributed by atoms with Crippen LogP contribution in [0.2, 0.25) is 0 Å². The Hall–Kier alpha value is -5.32. The molecule has 15 atom stereocenters. The van der Waals surface area contributed by atoms with Crippen molar-refractivity contribution in [1.29, 1.82) is 0 Å². The van der Waals surface area contributed by atoms with E-state index < -0.39 is 138 Å². The second kappa shape index (κ2) is 51.8. The maximum Gasteiger partial charge on any atom is 0.326 e. The van der Waals surface area contributed by atoms with Crippen LogP contribution in [0.25, 0.3) is 0 Å². The molecule has 0 rings (SSSR count). The van der Waals surface area contributed by atoms with Crippen LogP contribution in [-0.4, -0.2) is 270 Å². The summed E-state index contributed by atoms with van der Waals surface area (Å²) in [5.41, 5.74) is 5.63. The van der Waals surface area contributed by atoms with Crippen molar-refractivity contribution in [2.45, 2.75) is 211 Å². The second-order valence-electron chi connectivity index (χ2n) is 26.3. The van der Waals surface area contributed by atoms with E-state index in [0.29, 0.717) is 69.5 Å². The van der Waals surface area contributed by atoms with Crippen molar-refractivity contribution in [2.75, 3.05) is 82.4 Å². The molecule has 0 aromatic rings. The van der Waals surface area contributed by atoms with Gasteiger partial charge in [0.05, 0.1) is 31.5 Å². The second-order valence-corrected chi connectivity index (χ2v) is 27.8. The number of likely N-dealkylation sites (N-methyl/N-ethyl adjacent to an activating group) is 1. The monoisotopic (exact) mass is 1490 g/mol. The van der Waals surface area contributed by atoms with Gasteiger partial charge in [-0.2, -0.15) is 50.5 Å². The van der Waals surface area contributed by atoms with E-state index in [1.54, 1.807) is 34.7 Å². The van der Waals surface area contributed by atoms with Crippen LogP contribution in [0.3, 0.4) is 0 Å². The number of nitrogens with one attached hydrogen (secondary N) is 15. The van der Waals surface area contributed by atoms with Crippen molar-refractivity contribution in [2.24, 2.45) is 29.4 Å². The standard InChI is InChI=1S/C62H118N16O17S4/c1-32(2)16-41(67-20-38(12-14-51(82)83)66-24-42(28-96)68-21-39(13-15-52(84)85)65-22-40(64-11)18-53(86)87)23-69-43(29-97)25-70-46(34(5)6)26-71-44(19-49(63)80)57(89)77-54(35(7)8)61(93)73-36(9)56(88)76-48(31-99)59(91)78-55(37(10)79)60(92)72-27-50(81)74-47(30-98)58(90)75-45(62(94)95)17-33(3)4/h32-48,54-55,64-71,79,96-99H,12-31H2,1-11H3,(H2,63,80)(H,72,92)(H,73,93)(H,74,81)(H,75,90)(H,76,88)(H,77,89)(H,78,91)(H,82,83)(H,84,85)(H,86,87)(H,94,95)/t36-,37+,38-,39-,40-,41-,42+,43+,44-,45-,46+,47-,48-,54-,55-/m0/s1. The molecule has 0 saturated carbocycles. The molecule has 0 aromatic carbocycles. The maximum absolute atomic E-state index is 14.0. The summed E-state index contributed by atoms with van der Waals surface area (Å²) in [7, 11) is 1.66. The van der Waals surface area contributed by atoms with Gasteiger partial charge in [-0.3, -0.25) is 52.7 Å². The summed E-state index contributed by atoms with van der Waals surface area (Å²) >= 11 is 17.4. The van der Waals surface area contributed by atoms with Crippen LogP contribution in [-0.2, 0) is 57.5 Å². The zero-order chi connectivity index (χ0) is 75.6. The molecule has 0 aromatic heterocycles. The predicted octanol–water partition coefficient (Wildman–Crippen LogP) is -4.00. The lowest BCUT2D eigenvalue weighted by molar-refractivity contribution is -0.142. The average Bonchev–Trinajstić information content (AvgIpc) is 0.887. The van der Waals surface area contributed by atoms with Gasteiger partial charge in [0.1, 0.15) is 36.3 Å². The number of carbonyl (C=O) groups is 12. The number of nitrogens with two attached hydrogens (primary N) is 1. The summed E-state index contributed by atoms with van der Waals surface area (Å²) in [6, 6.07) is -11.0. The van der Waals surface area contributed by atoms with Crippen LogP contribution in [0.5, 0.6) is 0 Å². The number of aliphatic hydroxyl groups excluding tert-OH is 1. The van der Waals surface area contributed by atoms with E-state index >= 15 is 0 Å². The van der Waals surface area contributed by atoms with E-state index in [1.165, 1.54) is 13.8 Å². The van der Waals surface area contributed by atoms with Gasteiger partial charge in [0.2, 0.25) is 47.3 Å². The molecule has 0 aliphatic carbocycles. The van der Waals surface area contributed by atoms with Gasteiger partial charge < -0.3 is 111 Å². The number of aliphatic hydroxyl groups is 1. The van der Waals surface area contributed by atoms with Crippen LogP contribution in [0.15, 0.2) is 0 Å². The summed E-state index contributed by atoms with van der Waals surface area (Å²) in [5.74, 6) is -11.1. The maximum atomic E-state index is 14.0. The van der Waals surface area contributed by atoms with E-state index in [4.69, 9.17) is 5.73 Å². The Morgan fingerprint density at radius 1 is 0.404 bits per heavy atom. The van der Waals surface area contributed by atoms with E-state index in [9.17, 15) is 83.1 Å². The molecule has 0 aliphatic rings. The third-order valence-corrected chi connectivity index (χ3v) is 17.5. The Kier molecular flexibility index (Phi) is 49.0. The first-order chi connectivity index (χ1) is 46.4. The molecular formula is C62H118N16O17S4. The van der Waals surface area contributed by atoms with Gasteiger partial charge in [-0.1, -0.05) is 55.4 Å². The molecule has 22 N–H and O–H groups in total. The van der Waals surface area contributed by atoms with Crippen LogP contribution < -0.4 is 85.5 Å². The molecule has 0 unspecified atom stereocenters. The van der Waals surface area contributed by atoms with Crippen molar-refractivity contribution >= 4 is 122 Å². The number of amides is 8. The molecule has 572 valence electrons. The molecule has 37 heteroatoms. The fourth-order valence-corrected chi connectivity index (χ4v) is 11.0. The van der Waals surface area contributed by atoms with Gasteiger partial charge in [-0.25, -0.2) is 4.79 Å². The Morgan fingerprint density at radius 3 is 1.29 bits per heavy atom. The lowest BCUT2D eigenvalue weighted by Crippen LogP contribution is -2.61. The SMILES string of the molecule is CN[C@H](CN[C@@H](CCC(=O)O)CN[C@@H](CS)CN[C@@H](CCC(=O)O)CN[C@H](CN[C@@H](CS)CN[C@H](CN[C@@H](CC(N)=O)C(=O)N[C@H](C(=O)N[C@@H](C)C(=O)N[C@@H](CS)C(=O)N[C@H](C(=O)NCC(=O)N[C@@H](CS)C(=O)N[C@@H](CC(C)C)C(=O)O)[C@@H](C)O)C(C)C)C(C)C)CC(C)C)CC(=O)O. The quantitative estimate of drug-likeness (QED) is 0.0258. The Bertz CT molecular complexity index is 2500. The summed E-state index contributed by atoms with van der Waals surface area (Å²) in [6.07, 6.45) is -0.737. The number of hydrogen-bond donors (Lipinski definition) is 25. The van der Waals surface area contributed by atoms with Crippen molar-refractivity contribution in [3.05, 3.63) is 0 Å². The van der Waals surface area contributed by atoms with E-state index in [1.807, 2.05) is 13.8 Å². The van der Waals surface area contributed by atoms with E-state index in [-0.39, 0.29) is 97.9 Å². The number of primary amides is 1. The van der Waals surface area contributed by atoms with Gasteiger partial charge in [0.15, 0.2) is 0 Å². The molecule has 8 amide bonds. The molecular weight excluding hydrogens is 1370 g/mol. The molecule has 0 spiro atoms. The third kappa shape index (κ3) is 42.0. The first-order valence-electron chi connectivity index (χ1n) is 33.6. The van der Waals surface area contributed by atoms with E-state index in [2.05, 4.69) is 144 Å². The van der Waals surface area contributed by atoms with E-state index in [0.717, 1.165) is 6.42 Å². The lowest BCUT2D eigenvalue weighted by Gasteiger charge is -2.30. The van der Waals surface area contributed by atoms with Gasteiger partial charge in [0, 0.05) is 124 Å². The predicted molar refractivity (Wildman–Crippen MR) is 389 cm³/mol. The lowest BCUT2D eigenvalue weighted by atomic mass is 10.0. The smallest absolute Gasteiger partial charge is 0.326 e. The van der Waals surface area contributed by atoms with Crippen molar-refractivity contribution in [3.63, 3.8) is 0 Å². The van der Waals surface area contributed by atoms with Gasteiger partial charge >= 0.3 is 23.9 Å². The third-order valence-electron chi connectivity index (χ3n) is 15.9. The largest absolute Gasteiger partial charge is 0.481 e. The first kappa shape index (κ1) is 93.7. The zero-order valence-corrected chi connectivity index (χ0v) is 62.7. The highest BCUT2D eigenvalue weighted by Crippen LogP contribution is 2.11. The highest BCUT2D eigenvalue weighted by atomic mass is 32.1. The van der Waals surface area contributed by atoms with Crippen LogP contribution in [0.4, 0.5) is 0 Å². The minimum Gasteiger partial charge on any atom is -0.481 e. The highest BCUT2D eigenvalue weighted by molar-refractivity contribution is 7.80. The number of thiol groups is 4. The minimum atomic E-state index is -1.67. The van der Waals surface area contributed by atoms with Gasteiger partial charge in [-0.15, -0.1) is 0 Å². The van der Waals surface area contributed by atoms with Crippen LogP contribution in [0, 0.1) is 23.7 Å². The molecule has 99 heavy (non-hydrogen) atoms. The minimum absolute atomic E-state index is 0.00646. The van der Waals surface area contributed by atoms with Crippen molar-refractivity contribution in [3.8, 4) is 0 Å². The number of aliphatic carboxylic acids is 4. The topological polar surface area (TPSA) is 512 Å². The first-order valence-corrected chi connectivity index (χ1v) is 36.1. The molecule has 0 bridgehead atoms. The van der Waals surface area contributed by atoms with Gasteiger partial charge in [-0.05, 0) is 70.3 Å². The summed E-state index contributed by atoms with van der Waals surface area (Å²) < 4.78 is 0. The number of rotatable bonds is 58. The summed E-state index contributed by atoms with van der Waals surface area (Å²) in [6.45, 7) is 19.4. The Morgan fingerprint density at radius 2 is 0.848 bits per heavy atom. The molecule has 0 aliphatic heterocycles. The number of carboxylic acid groups (broad SMARTS) is 4.